The van der Waals surface area contributed by atoms with Crippen LogP contribution in [0.15, 0.2) is 24.3 Å². The van der Waals surface area contributed by atoms with Crippen LogP contribution in [0, 0.1) is 6.92 Å². The predicted molar refractivity (Wildman–Crippen MR) is 91.6 cm³/mol. The van der Waals surface area contributed by atoms with E-state index in [9.17, 15) is 4.79 Å². The Labute approximate surface area is 146 Å². The standard InChI is InChI=1S/C17H21ClN4O2/c1-11-9-21(10-17(3,4)24-11)16(23)15-19-12(2)22(20-15)14-8-6-5-7-13(14)18/h5-8,11H,9-10H2,1-4H3. The number of carbonyl (C=O) groups excluding carboxylic acids is 1. The third kappa shape index (κ3) is 3.30. The maximum Gasteiger partial charge on any atom is 0.293 e. The molecule has 0 N–H and O–H groups in total. The Morgan fingerprint density at radius 2 is 2.08 bits per heavy atom. The predicted octanol–water partition coefficient (Wildman–Crippen LogP) is 2.87. The Bertz CT molecular complexity index is 772. The third-order valence-electron chi connectivity index (χ3n) is 3.90. The van der Waals surface area contributed by atoms with E-state index in [2.05, 4.69) is 10.1 Å². The number of rotatable bonds is 2. The second kappa shape index (κ2) is 6.18. The van der Waals surface area contributed by atoms with E-state index in [-0.39, 0.29) is 23.4 Å². The van der Waals surface area contributed by atoms with Gasteiger partial charge in [-0.1, -0.05) is 23.7 Å². The summed E-state index contributed by atoms with van der Waals surface area (Å²) in [7, 11) is 0. The fourth-order valence-corrected chi connectivity index (χ4v) is 3.30. The van der Waals surface area contributed by atoms with E-state index in [4.69, 9.17) is 16.3 Å². The topological polar surface area (TPSA) is 60.3 Å². The first-order valence-electron chi connectivity index (χ1n) is 7.92. The highest BCUT2D eigenvalue weighted by Gasteiger charge is 2.35. The van der Waals surface area contributed by atoms with Crippen molar-refractivity contribution in [1.82, 2.24) is 19.7 Å². The molecule has 7 heteroatoms. The minimum Gasteiger partial charge on any atom is -0.369 e. The molecule has 0 aliphatic carbocycles. The molecule has 1 unspecified atom stereocenters. The molecule has 1 aliphatic rings. The van der Waals surface area contributed by atoms with Gasteiger partial charge in [0, 0.05) is 13.1 Å². The van der Waals surface area contributed by atoms with Crippen molar-refractivity contribution in [2.75, 3.05) is 13.1 Å². The molecule has 0 radical (unpaired) electrons. The van der Waals surface area contributed by atoms with Gasteiger partial charge < -0.3 is 9.64 Å². The lowest BCUT2D eigenvalue weighted by Crippen LogP contribution is -2.54. The zero-order valence-corrected chi connectivity index (χ0v) is 15.0. The van der Waals surface area contributed by atoms with Crippen LogP contribution in [0.25, 0.3) is 5.69 Å². The summed E-state index contributed by atoms with van der Waals surface area (Å²) in [6.07, 6.45) is -0.0237. The Balaban J connectivity index is 1.90. The van der Waals surface area contributed by atoms with Gasteiger partial charge in [-0.3, -0.25) is 4.79 Å². The molecule has 1 fully saturated rings. The number of hydrogen-bond donors (Lipinski definition) is 0. The number of morpholine rings is 1. The van der Waals surface area contributed by atoms with Gasteiger partial charge in [0.05, 0.1) is 22.4 Å². The molecule has 1 atom stereocenters. The molecule has 1 saturated heterocycles. The zero-order chi connectivity index (χ0) is 17.5. The average molecular weight is 349 g/mol. The molecule has 0 bridgehead atoms. The first-order chi connectivity index (χ1) is 11.3. The Kier molecular flexibility index (Phi) is 4.36. The van der Waals surface area contributed by atoms with Gasteiger partial charge in [0.1, 0.15) is 5.82 Å². The fraction of sp³-hybridized carbons (Fsp3) is 0.471. The van der Waals surface area contributed by atoms with Crippen LogP contribution in [0.2, 0.25) is 5.02 Å². The molecule has 1 aromatic carbocycles. The van der Waals surface area contributed by atoms with Gasteiger partial charge in [0.2, 0.25) is 5.82 Å². The minimum atomic E-state index is -0.381. The van der Waals surface area contributed by atoms with Crippen molar-refractivity contribution in [2.45, 2.75) is 39.4 Å². The normalized spacial score (nSPS) is 20.2. The second-order valence-corrected chi connectivity index (χ2v) is 7.13. The van der Waals surface area contributed by atoms with E-state index >= 15 is 0 Å². The van der Waals surface area contributed by atoms with Crippen LogP contribution >= 0.6 is 11.6 Å². The summed E-state index contributed by atoms with van der Waals surface area (Å²) < 4.78 is 7.45. The van der Waals surface area contributed by atoms with Gasteiger partial charge in [-0.25, -0.2) is 9.67 Å². The molecule has 0 spiro atoms. The van der Waals surface area contributed by atoms with E-state index < -0.39 is 0 Å². The van der Waals surface area contributed by atoms with Gasteiger partial charge in [0.25, 0.3) is 5.91 Å². The Morgan fingerprint density at radius 3 is 2.75 bits per heavy atom. The van der Waals surface area contributed by atoms with E-state index in [0.717, 1.165) is 0 Å². The summed E-state index contributed by atoms with van der Waals surface area (Å²) >= 11 is 6.22. The van der Waals surface area contributed by atoms with E-state index in [1.807, 2.05) is 39.0 Å². The van der Waals surface area contributed by atoms with Crippen molar-refractivity contribution < 1.29 is 9.53 Å². The smallest absolute Gasteiger partial charge is 0.293 e. The lowest BCUT2D eigenvalue weighted by Gasteiger charge is -2.41. The lowest BCUT2D eigenvalue weighted by molar-refractivity contribution is -0.119. The van der Waals surface area contributed by atoms with Crippen LogP contribution < -0.4 is 0 Å². The average Bonchev–Trinajstić information content (AvgIpc) is 2.86. The number of carbonyl (C=O) groups is 1. The number of hydrogen-bond acceptors (Lipinski definition) is 4. The molecule has 1 aromatic heterocycles. The highest BCUT2D eigenvalue weighted by Crippen LogP contribution is 2.23. The minimum absolute atomic E-state index is 0.0237. The van der Waals surface area contributed by atoms with Crippen molar-refractivity contribution in [3.8, 4) is 5.69 Å². The number of nitrogens with zero attached hydrogens (tertiary/aromatic N) is 4. The number of aryl methyl sites for hydroxylation is 1. The number of amides is 1. The number of benzene rings is 1. The molecule has 1 amide bonds. The summed E-state index contributed by atoms with van der Waals surface area (Å²) in [4.78, 5) is 18.9. The molecule has 2 heterocycles. The maximum atomic E-state index is 12.8. The van der Waals surface area contributed by atoms with Gasteiger partial charge in [-0.05, 0) is 39.8 Å². The van der Waals surface area contributed by atoms with Gasteiger partial charge in [0.15, 0.2) is 0 Å². The number of para-hydroxylation sites is 1. The Hall–Kier alpha value is -1.92. The third-order valence-corrected chi connectivity index (χ3v) is 4.22. The molecule has 24 heavy (non-hydrogen) atoms. The van der Waals surface area contributed by atoms with E-state index in [1.54, 1.807) is 22.6 Å². The number of aromatic nitrogens is 3. The van der Waals surface area contributed by atoms with Gasteiger partial charge in [-0.2, -0.15) is 0 Å². The molecule has 3 rings (SSSR count). The molecular weight excluding hydrogens is 328 g/mol. The first kappa shape index (κ1) is 16.9. The fourth-order valence-electron chi connectivity index (χ4n) is 3.08. The van der Waals surface area contributed by atoms with Crippen LogP contribution in [-0.4, -0.2) is 50.4 Å². The van der Waals surface area contributed by atoms with Crippen LogP contribution in [0.3, 0.4) is 0 Å². The van der Waals surface area contributed by atoms with Gasteiger partial charge in [-0.15, -0.1) is 5.10 Å². The monoisotopic (exact) mass is 348 g/mol. The van der Waals surface area contributed by atoms with E-state index in [0.29, 0.717) is 29.6 Å². The maximum absolute atomic E-state index is 12.8. The highest BCUT2D eigenvalue weighted by atomic mass is 35.5. The molecule has 1 aliphatic heterocycles. The van der Waals surface area contributed by atoms with Crippen molar-refractivity contribution in [1.29, 1.82) is 0 Å². The molecule has 6 nitrogen and oxygen atoms in total. The quantitative estimate of drug-likeness (QED) is 0.837. The van der Waals surface area contributed by atoms with Crippen LogP contribution in [-0.2, 0) is 4.74 Å². The van der Waals surface area contributed by atoms with Crippen molar-refractivity contribution in [2.24, 2.45) is 0 Å². The summed E-state index contributed by atoms with van der Waals surface area (Å²) in [5.41, 5.74) is 0.326. The van der Waals surface area contributed by atoms with Crippen molar-refractivity contribution >= 4 is 17.5 Å². The van der Waals surface area contributed by atoms with Crippen LogP contribution in [0.1, 0.15) is 37.2 Å². The number of halogens is 1. The first-order valence-corrected chi connectivity index (χ1v) is 8.30. The second-order valence-electron chi connectivity index (χ2n) is 6.72. The summed E-state index contributed by atoms with van der Waals surface area (Å²) in [6.45, 7) is 8.76. The summed E-state index contributed by atoms with van der Waals surface area (Å²) in [5, 5.41) is 4.94. The number of ether oxygens (including phenoxy) is 1. The van der Waals surface area contributed by atoms with Crippen molar-refractivity contribution in [3.05, 3.63) is 40.9 Å². The largest absolute Gasteiger partial charge is 0.369 e. The SMILES string of the molecule is Cc1nc(C(=O)N2CC(C)OC(C)(C)C2)nn1-c1ccccc1Cl. The van der Waals surface area contributed by atoms with Crippen LogP contribution in [0.4, 0.5) is 0 Å². The zero-order valence-electron chi connectivity index (χ0n) is 14.3. The summed E-state index contributed by atoms with van der Waals surface area (Å²) in [5.74, 6) is 0.608. The molecular formula is C17H21ClN4O2. The van der Waals surface area contributed by atoms with Crippen LogP contribution in [0.5, 0.6) is 0 Å². The Morgan fingerprint density at radius 1 is 1.38 bits per heavy atom. The highest BCUT2D eigenvalue weighted by molar-refractivity contribution is 6.32. The molecule has 0 saturated carbocycles. The van der Waals surface area contributed by atoms with E-state index in [1.165, 1.54) is 0 Å². The molecule has 2 aromatic rings. The summed E-state index contributed by atoms with van der Waals surface area (Å²) in [6, 6.07) is 7.35. The lowest BCUT2D eigenvalue weighted by atomic mass is 10.1. The van der Waals surface area contributed by atoms with Gasteiger partial charge >= 0.3 is 0 Å². The van der Waals surface area contributed by atoms with Crippen molar-refractivity contribution in [3.63, 3.8) is 0 Å². The molecule has 128 valence electrons.